The van der Waals surface area contributed by atoms with Crippen molar-refractivity contribution in [3.63, 3.8) is 0 Å². The molecule has 2 aromatic rings. The highest BCUT2D eigenvalue weighted by atomic mass is 15.0. The molecule has 0 aliphatic carbocycles. The molecule has 0 aromatic carbocycles. The number of imidazole rings is 1. The first kappa shape index (κ1) is 10.8. The fraction of sp³-hybridized carbons (Fsp3) is 0.333. The smallest absolute Gasteiger partial charge is 0.139 e. The zero-order valence-electron chi connectivity index (χ0n) is 9.57. The van der Waals surface area contributed by atoms with Crippen LogP contribution >= 0.6 is 0 Å². The first-order valence-corrected chi connectivity index (χ1v) is 5.41. The predicted molar refractivity (Wildman–Crippen MR) is 63.8 cm³/mol. The van der Waals surface area contributed by atoms with Crippen molar-refractivity contribution in [3.05, 3.63) is 35.9 Å². The molecule has 3 N–H and O–H groups in total. The number of H-pyrrole nitrogens is 1. The Labute approximate surface area is 94.9 Å². The molecule has 0 saturated carbocycles. The summed E-state index contributed by atoms with van der Waals surface area (Å²) in [5.41, 5.74) is 8.73. The van der Waals surface area contributed by atoms with Crippen LogP contribution in [0.25, 0.3) is 11.4 Å². The van der Waals surface area contributed by atoms with Gasteiger partial charge in [0.15, 0.2) is 0 Å². The van der Waals surface area contributed by atoms with Gasteiger partial charge in [-0.25, -0.2) is 4.98 Å². The van der Waals surface area contributed by atoms with E-state index >= 15 is 0 Å². The fourth-order valence-corrected chi connectivity index (χ4v) is 1.70. The Kier molecular flexibility index (Phi) is 3.01. The third-order valence-electron chi connectivity index (χ3n) is 2.50. The van der Waals surface area contributed by atoms with E-state index in [1.165, 1.54) is 0 Å². The topological polar surface area (TPSA) is 67.6 Å². The average molecular weight is 216 g/mol. The first-order chi connectivity index (χ1) is 7.72. The van der Waals surface area contributed by atoms with Gasteiger partial charge in [0.2, 0.25) is 0 Å². The number of rotatable bonds is 3. The van der Waals surface area contributed by atoms with Crippen molar-refractivity contribution < 1.29 is 0 Å². The molecule has 0 radical (unpaired) electrons. The van der Waals surface area contributed by atoms with Crippen LogP contribution in [0.2, 0.25) is 0 Å². The number of aromatic nitrogens is 3. The van der Waals surface area contributed by atoms with Crippen molar-refractivity contribution in [1.29, 1.82) is 0 Å². The molecule has 4 nitrogen and oxygen atoms in total. The van der Waals surface area contributed by atoms with Gasteiger partial charge in [-0.2, -0.15) is 0 Å². The second-order valence-electron chi connectivity index (χ2n) is 4.05. The van der Waals surface area contributed by atoms with Crippen LogP contribution in [0.3, 0.4) is 0 Å². The van der Waals surface area contributed by atoms with Crippen molar-refractivity contribution >= 4 is 0 Å². The maximum Gasteiger partial charge on any atom is 0.139 e. The van der Waals surface area contributed by atoms with Gasteiger partial charge in [0.1, 0.15) is 5.82 Å². The van der Waals surface area contributed by atoms with Gasteiger partial charge in [0.25, 0.3) is 0 Å². The van der Waals surface area contributed by atoms with E-state index in [1.54, 1.807) is 12.4 Å². The van der Waals surface area contributed by atoms with E-state index < -0.39 is 0 Å². The third-order valence-corrected chi connectivity index (χ3v) is 2.50. The van der Waals surface area contributed by atoms with Crippen LogP contribution in [0.4, 0.5) is 0 Å². The number of pyridine rings is 1. The van der Waals surface area contributed by atoms with Gasteiger partial charge in [-0.1, -0.05) is 13.8 Å². The highest BCUT2D eigenvalue weighted by molar-refractivity contribution is 5.54. The molecule has 2 aromatic heterocycles. The molecule has 0 bridgehead atoms. The number of hydrogen-bond acceptors (Lipinski definition) is 3. The Hall–Kier alpha value is -1.68. The van der Waals surface area contributed by atoms with Crippen LogP contribution in [-0.4, -0.2) is 15.0 Å². The Bertz CT molecular complexity index is 459. The molecule has 0 unspecified atom stereocenters. The van der Waals surface area contributed by atoms with Crippen molar-refractivity contribution in [2.24, 2.45) is 5.73 Å². The van der Waals surface area contributed by atoms with E-state index in [4.69, 9.17) is 5.73 Å². The summed E-state index contributed by atoms with van der Waals surface area (Å²) < 4.78 is 0. The van der Waals surface area contributed by atoms with Gasteiger partial charge in [0.05, 0.1) is 11.4 Å². The van der Waals surface area contributed by atoms with E-state index in [-0.39, 0.29) is 0 Å². The van der Waals surface area contributed by atoms with Gasteiger partial charge in [0, 0.05) is 24.5 Å². The lowest BCUT2D eigenvalue weighted by Gasteiger charge is -2.01. The van der Waals surface area contributed by atoms with Crippen molar-refractivity contribution in [2.45, 2.75) is 26.3 Å². The molecule has 2 heterocycles. The molecule has 0 atom stereocenters. The Morgan fingerprint density at radius 3 is 2.75 bits per heavy atom. The van der Waals surface area contributed by atoms with E-state index in [0.29, 0.717) is 12.5 Å². The maximum absolute atomic E-state index is 5.69. The van der Waals surface area contributed by atoms with Crippen LogP contribution < -0.4 is 5.73 Å². The summed E-state index contributed by atoms with van der Waals surface area (Å²) in [5, 5.41) is 0. The number of nitrogens with zero attached hydrogens (tertiary/aromatic N) is 2. The summed E-state index contributed by atoms with van der Waals surface area (Å²) in [4.78, 5) is 11.9. The number of nitrogens with two attached hydrogens (primary N) is 1. The average Bonchev–Trinajstić information content (AvgIpc) is 2.74. The van der Waals surface area contributed by atoms with Gasteiger partial charge in [-0.15, -0.1) is 0 Å². The Morgan fingerprint density at radius 2 is 2.25 bits per heavy atom. The van der Waals surface area contributed by atoms with Crippen molar-refractivity contribution in [3.8, 4) is 11.4 Å². The molecular formula is C12H16N4. The molecule has 0 saturated heterocycles. The molecule has 0 aliphatic heterocycles. The second-order valence-corrected chi connectivity index (χ2v) is 4.05. The molecule has 4 heteroatoms. The van der Waals surface area contributed by atoms with Crippen LogP contribution in [0.15, 0.2) is 24.5 Å². The van der Waals surface area contributed by atoms with Crippen LogP contribution in [-0.2, 0) is 6.54 Å². The van der Waals surface area contributed by atoms with Gasteiger partial charge >= 0.3 is 0 Å². The van der Waals surface area contributed by atoms with E-state index in [9.17, 15) is 0 Å². The maximum atomic E-state index is 5.69. The quantitative estimate of drug-likeness (QED) is 0.825. The first-order valence-electron chi connectivity index (χ1n) is 5.41. The van der Waals surface area contributed by atoms with Gasteiger partial charge < -0.3 is 10.7 Å². The lowest BCUT2D eigenvalue weighted by Crippen LogP contribution is -2.02. The fourth-order valence-electron chi connectivity index (χ4n) is 1.70. The van der Waals surface area contributed by atoms with Gasteiger partial charge in [-0.05, 0) is 18.1 Å². The van der Waals surface area contributed by atoms with Crippen LogP contribution in [0, 0.1) is 0 Å². The van der Waals surface area contributed by atoms with Crippen molar-refractivity contribution in [1.82, 2.24) is 15.0 Å². The zero-order valence-corrected chi connectivity index (χ0v) is 9.57. The summed E-state index contributed by atoms with van der Waals surface area (Å²) in [7, 11) is 0. The third kappa shape index (κ3) is 1.97. The van der Waals surface area contributed by atoms with Crippen LogP contribution in [0.5, 0.6) is 0 Å². The summed E-state index contributed by atoms with van der Waals surface area (Å²) >= 11 is 0. The number of hydrogen-bond donors (Lipinski definition) is 2. The molecule has 2 rings (SSSR count). The Morgan fingerprint density at radius 1 is 1.44 bits per heavy atom. The van der Waals surface area contributed by atoms with Crippen LogP contribution in [0.1, 0.15) is 31.2 Å². The lowest BCUT2D eigenvalue weighted by atomic mass is 10.1. The molecule has 0 aliphatic rings. The molecule has 0 fully saturated rings. The minimum atomic E-state index is 0.375. The zero-order chi connectivity index (χ0) is 11.5. The Balaban J connectivity index is 2.44. The summed E-state index contributed by atoms with van der Waals surface area (Å²) in [6, 6.07) is 3.88. The second kappa shape index (κ2) is 4.45. The molecule has 84 valence electrons. The van der Waals surface area contributed by atoms with E-state index in [1.807, 2.05) is 12.1 Å². The SMILES string of the molecule is CC(C)c1nc(-c2cccnc2)[nH]c1CN. The predicted octanol–water partition coefficient (Wildman–Crippen LogP) is 2.05. The number of nitrogens with one attached hydrogen (secondary N) is 1. The normalized spacial score (nSPS) is 11.0. The molecular weight excluding hydrogens is 200 g/mol. The largest absolute Gasteiger partial charge is 0.341 e. The summed E-state index contributed by atoms with van der Waals surface area (Å²) in [5.74, 6) is 1.22. The lowest BCUT2D eigenvalue weighted by molar-refractivity contribution is 0.806. The molecule has 0 spiro atoms. The van der Waals surface area contributed by atoms with Gasteiger partial charge in [-0.3, -0.25) is 4.98 Å². The highest BCUT2D eigenvalue weighted by Gasteiger charge is 2.12. The highest BCUT2D eigenvalue weighted by Crippen LogP contribution is 2.22. The minimum absolute atomic E-state index is 0.375. The monoisotopic (exact) mass is 216 g/mol. The van der Waals surface area contributed by atoms with E-state index in [2.05, 4.69) is 28.8 Å². The molecule has 16 heavy (non-hydrogen) atoms. The number of aromatic amines is 1. The van der Waals surface area contributed by atoms with Crippen molar-refractivity contribution in [2.75, 3.05) is 0 Å². The standard InChI is InChI=1S/C12H16N4/c1-8(2)11-10(6-13)15-12(16-11)9-4-3-5-14-7-9/h3-5,7-8H,6,13H2,1-2H3,(H,15,16). The summed E-state index contributed by atoms with van der Waals surface area (Å²) in [6.45, 7) is 4.71. The van der Waals surface area contributed by atoms with E-state index in [0.717, 1.165) is 22.8 Å². The summed E-state index contributed by atoms with van der Waals surface area (Å²) in [6.07, 6.45) is 3.54. The minimum Gasteiger partial charge on any atom is -0.341 e. The molecule has 0 amide bonds.